The molecule has 0 heterocycles. The molecule has 0 spiro atoms. The minimum absolute atomic E-state index is 0.00841. The molecule has 0 radical (unpaired) electrons. The van der Waals surface area contributed by atoms with Gasteiger partial charge in [-0.05, 0) is 29.5 Å². The van der Waals surface area contributed by atoms with Crippen LogP contribution in [0.25, 0.3) is 0 Å². The van der Waals surface area contributed by atoms with Crippen LogP contribution >= 0.6 is 0 Å². The van der Waals surface area contributed by atoms with E-state index in [2.05, 4.69) is 20.8 Å². The standard InChI is InChI=1S/C15H23NO/c1-5-14(17)13(15(2,3)4)10-11-6-8-12(16)9-7-11/h6-9,13H,5,10,16H2,1-4H3. The molecule has 1 unspecified atom stereocenters. The van der Waals surface area contributed by atoms with Gasteiger partial charge in [-0.1, -0.05) is 39.8 Å². The van der Waals surface area contributed by atoms with Gasteiger partial charge in [-0.2, -0.15) is 0 Å². The van der Waals surface area contributed by atoms with Gasteiger partial charge in [0.2, 0.25) is 0 Å². The van der Waals surface area contributed by atoms with Crippen LogP contribution in [0.2, 0.25) is 0 Å². The van der Waals surface area contributed by atoms with E-state index in [1.165, 1.54) is 5.56 Å². The van der Waals surface area contributed by atoms with Gasteiger partial charge in [0.05, 0.1) is 0 Å². The fourth-order valence-electron chi connectivity index (χ4n) is 2.04. The number of carbonyl (C=O) groups is 1. The van der Waals surface area contributed by atoms with Crippen LogP contribution in [0.4, 0.5) is 5.69 Å². The number of rotatable bonds is 4. The molecular weight excluding hydrogens is 210 g/mol. The molecule has 0 bridgehead atoms. The zero-order valence-corrected chi connectivity index (χ0v) is 11.3. The van der Waals surface area contributed by atoms with Crippen LogP contribution in [-0.2, 0) is 11.2 Å². The Morgan fingerprint density at radius 3 is 2.18 bits per heavy atom. The van der Waals surface area contributed by atoms with Gasteiger partial charge in [-0.25, -0.2) is 0 Å². The molecule has 0 fully saturated rings. The molecule has 0 aromatic heterocycles. The normalized spacial score (nSPS) is 13.4. The largest absolute Gasteiger partial charge is 0.399 e. The Hall–Kier alpha value is -1.31. The van der Waals surface area contributed by atoms with Crippen molar-refractivity contribution in [2.45, 2.75) is 40.5 Å². The Labute approximate surface area is 104 Å². The molecule has 0 aliphatic rings. The van der Waals surface area contributed by atoms with E-state index in [0.29, 0.717) is 12.2 Å². The summed E-state index contributed by atoms with van der Waals surface area (Å²) in [6.45, 7) is 8.32. The van der Waals surface area contributed by atoms with Crippen molar-refractivity contribution in [3.05, 3.63) is 29.8 Å². The minimum Gasteiger partial charge on any atom is -0.399 e. The molecule has 1 rings (SSSR count). The number of nitrogen functional groups attached to an aromatic ring is 1. The van der Waals surface area contributed by atoms with Gasteiger partial charge in [-0.15, -0.1) is 0 Å². The predicted octanol–water partition coefficient (Wildman–Crippen LogP) is 3.45. The van der Waals surface area contributed by atoms with Gasteiger partial charge in [-0.3, -0.25) is 4.79 Å². The SMILES string of the molecule is CCC(=O)C(Cc1ccc(N)cc1)C(C)(C)C. The number of anilines is 1. The number of Topliss-reactive ketones (excluding diaryl/α,β-unsaturated/α-hetero) is 1. The van der Waals surface area contributed by atoms with E-state index in [9.17, 15) is 4.79 Å². The van der Waals surface area contributed by atoms with Crippen molar-refractivity contribution in [3.8, 4) is 0 Å². The van der Waals surface area contributed by atoms with Crippen molar-refractivity contribution in [3.63, 3.8) is 0 Å². The zero-order valence-electron chi connectivity index (χ0n) is 11.3. The summed E-state index contributed by atoms with van der Waals surface area (Å²) < 4.78 is 0. The Balaban J connectivity index is 2.87. The molecule has 0 saturated heterocycles. The third-order valence-electron chi connectivity index (χ3n) is 3.20. The summed E-state index contributed by atoms with van der Waals surface area (Å²) in [7, 11) is 0. The van der Waals surface area contributed by atoms with Crippen LogP contribution in [0.15, 0.2) is 24.3 Å². The second-order valence-electron chi connectivity index (χ2n) is 5.68. The summed E-state index contributed by atoms with van der Waals surface area (Å²) in [5, 5.41) is 0. The lowest BCUT2D eigenvalue weighted by Crippen LogP contribution is -2.30. The van der Waals surface area contributed by atoms with E-state index in [1.807, 2.05) is 31.2 Å². The van der Waals surface area contributed by atoms with Crippen LogP contribution in [0.5, 0.6) is 0 Å². The van der Waals surface area contributed by atoms with E-state index in [1.54, 1.807) is 0 Å². The first-order chi connectivity index (χ1) is 7.84. The molecule has 0 aliphatic heterocycles. The smallest absolute Gasteiger partial charge is 0.136 e. The fraction of sp³-hybridized carbons (Fsp3) is 0.533. The van der Waals surface area contributed by atoms with Crippen molar-refractivity contribution in [2.24, 2.45) is 11.3 Å². The van der Waals surface area contributed by atoms with Gasteiger partial charge >= 0.3 is 0 Å². The number of carbonyl (C=O) groups excluding carboxylic acids is 1. The molecule has 2 nitrogen and oxygen atoms in total. The Kier molecular flexibility index (Phi) is 4.33. The summed E-state index contributed by atoms with van der Waals surface area (Å²) >= 11 is 0. The zero-order chi connectivity index (χ0) is 13.1. The van der Waals surface area contributed by atoms with E-state index in [4.69, 9.17) is 5.73 Å². The van der Waals surface area contributed by atoms with Crippen molar-refractivity contribution in [2.75, 3.05) is 5.73 Å². The molecule has 17 heavy (non-hydrogen) atoms. The van der Waals surface area contributed by atoms with E-state index in [-0.39, 0.29) is 11.3 Å². The Morgan fingerprint density at radius 2 is 1.76 bits per heavy atom. The van der Waals surface area contributed by atoms with Crippen LogP contribution in [-0.4, -0.2) is 5.78 Å². The van der Waals surface area contributed by atoms with Crippen molar-refractivity contribution in [1.29, 1.82) is 0 Å². The fourth-order valence-corrected chi connectivity index (χ4v) is 2.04. The topological polar surface area (TPSA) is 43.1 Å². The van der Waals surface area contributed by atoms with Gasteiger partial charge in [0.1, 0.15) is 5.78 Å². The average molecular weight is 233 g/mol. The van der Waals surface area contributed by atoms with Crippen molar-refractivity contribution in [1.82, 2.24) is 0 Å². The molecule has 0 saturated carbocycles. The number of ketones is 1. The van der Waals surface area contributed by atoms with E-state index >= 15 is 0 Å². The molecule has 0 amide bonds. The lowest BCUT2D eigenvalue weighted by molar-refractivity contribution is -0.125. The van der Waals surface area contributed by atoms with Crippen molar-refractivity contribution >= 4 is 11.5 Å². The average Bonchev–Trinajstić information content (AvgIpc) is 2.25. The second kappa shape index (κ2) is 5.35. The van der Waals surface area contributed by atoms with Gasteiger partial charge < -0.3 is 5.73 Å². The maximum absolute atomic E-state index is 12.0. The quantitative estimate of drug-likeness (QED) is 0.809. The molecule has 1 atom stereocenters. The van der Waals surface area contributed by atoms with Gasteiger partial charge in [0.15, 0.2) is 0 Å². The summed E-state index contributed by atoms with van der Waals surface area (Å²) in [5.74, 6) is 0.422. The molecule has 0 aliphatic carbocycles. The first-order valence-electron chi connectivity index (χ1n) is 6.21. The maximum atomic E-state index is 12.0. The van der Waals surface area contributed by atoms with Crippen LogP contribution in [0, 0.1) is 11.3 Å². The maximum Gasteiger partial charge on any atom is 0.136 e. The van der Waals surface area contributed by atoms with Gasteiger partial charge in [0.25, 0.3) is 0 Å². The first-order valence-corrected chi connectivity index (χ1v) is 6.21. The number of benzene rings is 1. The van der Waals surface area contributed by atoms with E-state index in [0.717, 1.165) is 12.1 Å². The molecule has 2 N–H and O–H groups in total. The monoisotopic (exact) mass is 233 g/mol. The third-order valence-corrected chi connectivity index (χ3v) is 3.20. The minimum atomic E-state index is 0.00841. The number of nitrogens with two attached hydrogens (primary N) is 1. The molecular formula is C15H23NO. The summed E-state index contributed by atoms with van der Waals surface area (Å²) in [5.41, 5.74) is 7.62. The highest BCUT2D eigenvalue weighted by Gasteiger charge is 2.29. The highest BCUT2D eigenvalue weighted by molar-refractivity contribution is 5.81. The van der Waals surface area contributed by atoms with Crippen LogP contribution < -0.4 is 5.73 Å². The Morgan fingerprint density at radius 1 is 1.24 bits per heavy atom. The second-order valence-corrected chi connectivity index (χ2v) is 5.68. The van der Waals surface area contributed by atoms with Crippen LogP contribution in [0.3, 0.4) is 0 Å². The number of hydrogen-bond donors (Lipinski definition) is 1. The third kappa shape index (κ3) is 3.88. The summed E-state index contributed by atoms with van der Waals surface area (Å²) in [6.07, 6.45) is 1.41. The summed E-state index contributed by atoms with van der Waals surface area (Å²) in [4.78, 5) is 12.0. The van der Waals surface area contributed by atoms with Crippen molar-refractivity contribution < 1.29 is 4.79 Å². The first kappa shape index (κ1) is 13.8. The summed E-state index contributed by atoms with van der Waals surface area (Å²) in [6, 6.07) is 7.81. The highest BCUT2D eigenvalue weighted by atomic mass is 16.1. The molecule has 2 heteroatoms. The Bertz CT molecular complexity index is 373. The predicted molar refractivity (Wildman–Crippen MR) is 72.8 cm³/mol. The molecule has 1 aromatic rings. The lowest BCUT2D eigenvalue weighted by atomic mass is 9.74. The van der Waals surface area contributed by atoms with Gasteiger partial charge in [0, 0.05) is 18.0 Å². The highest BCUT2D eigenvalue weighted by Crippen LogP contribution is 2.30. The van der Waals surface area contributed by atoms with E-state index < -0.39 is 0 Å². The number of hydrogen-bond acceptors (Lipinski definition) is 2. The lowest BCUT2D eigenvalue weighted by Gasteiger charge is -2.29. The molecule has 1 aromatic carbocycles. The van der Waals surface area contributed by atoms with Crippen LogP contribution in [0.1, 0.15) is 39.7 Å². The molecule has 94 valence electrons.